The molecule has 0 aliphatic carbocycles. The van der Waals surface area contributed by atoms with Gasteiger partial charge in [0.1, 0.15) is 11.5 Å². The van der Waals surface area contributed by atoms with E-state index in [1.54, 1.807) is 7.11 Å². The van der Waals surface area contributed by atoms with E-state index in [9.17, 15) is 0 Å². The first-order valence-corrected chi connectivity index (χ1v) is 10.8. The molecule has 7 heteroatoms. The Morgan fingerprint density at radius 2 is 1.79 bits per heavy atom. The molecule has 0 fully saturated rings. The summed E-state index contributed by atoms with van der Waals surface area (Å²) in [5.74, 6) is 3.89. The Balaban J connectivity index is 1.34. The SMILES string of the molecule is COCCn1c(-c2ccc3c(c2)OCO3)cnc1NCc1cccc(Oc2ccccc2)c1. The number of imidazole rings is 1. The van der Waals surface area contributed by atoms with Gasteiger partial charge in [-0.1, -0.05) is 30.3 Å². The lowest BCUT2D eigenvalue weighted by Gasteiger charge is -2.14. The largest absolute Gasteiger partial charge is 0.457 e. The molecule has 0 saturated carbocycles. The van der Waals surface area contributed by atoms with E-state index in [2.05, 4.69) is 20.9 Å². The minimum Gasteiger partial charge on any atom is -0.457 e. The summed E-state index contributed by atoms with van der Waals surface area (Å²) in [4.78, 5) is 4.64. The predicted molar refractivity (Wildman–Crippen MR) is 126 cm³/mol. The van der Waals surface area contributed by atoms with Crippen LogP contribution < -0.4 is 19.5 Å². The van der Waals surface area contributed by atoms with Crippen LogP contribution in [0.15, 0.2) is 79.0 Å². The van der Waals surface area contributed by atoms with E-state index in [0.29, 0.717) is 19.7 Å². The van der Waals surface area contributed by atoms with E-state index in [1.807, 2.05) is 72.9 Å². The minimum atomic E-state index is 0.252. The van der Waals surface area contributed by atoms with Crippen LogP contribution >= 0.6 is 0 Å². The number of para-hydroxylation sites is 1. The first-order valence-electron chi connectivity index (χ1n) is 10.8. The molecule has 0 saturated heterocycles. The summed E-state index contributed by atoms with van der Waals surface area (Å²) >= 11 is 0. The Bertz CT molecular complexity index is 1220. The third kappa shape index (κ3) is 4.78. The first-order chi connectivity index (χ1) is 16.3. The van der Waals surface area contributed by atoms with Gasteiger partial charge in [0.2, 0.25) is 12.7 Å². The van der Waals surface area contributed by atoms with Crippen molar-refractivity contribution < 1.29 is 18.9 Å². The monoisotopic (exact) mass is 443 g/mol. The summed E-state index contributed by atoms with van der Waals surface area (Å²) in [7, 11) is 1.70. The van der Waals surface area contributed by atoms with Crippen molar-refractivity contribution in [2.24, 2.45) is 0 Å². The van der Waals surface area contributed by atoms with Crippen molar-refractivity contribution in [1.29, 1.82) is 0 Å². The van der Waals surface area contributed by atoms with Gasteiger partial charge in [0.25, 0.3) is 0 Å². The number of benzene rings is 3. The lowest BCUT2D eigenvalue weighted by molar-refractivity contribution is 0.174. The van der Waals surface area contributed by atoms with Crippen LogP contribution in [-0.2, 0) is 17.8 Å². The molecule has 4 aromatic rings. The van der Waals surface area contributed by atoms with Crippen molar-refractivity contribution >= 4 is 5.95 Å². The lowest BCUT2D eigenvalue weighted by Crippen LogP contribution is -2.11. The van der Waals surface area contributed by atoms with Crippen LogP contribution in [0, 0.1) is 0 Å². The highest BCUT2D eigenvalue weighted by Crippen LogP contribution is 2.36. The summed E-state index contributed by atoms with van der Waals surface area (Å²) in [6.07, 6.45) is 1.87. The van der Waals surface area contributed by atoms with E-state index in [4.69, 9.17) is 18.9 Å². The summed E-state index contributed by atoms with van der Waals surface area (Å²) in [6.45, 7) is 2.10. The standard InChI is InChI=1S/C26H25N3O4/c1-30-13-12-29-23(20-10-11-24-25(15-20)32-18-31-24)17-28-26(29)27-16-19-6-5-9-22(14-19)33-21-7-3-2-4-8-21/h2-11,14-15,17H,12-13,16,18H2,1H3,(H,27,28). The van der Waals surface area contributed by atoms with E-state index in [0.717, 1.165) is 45.8 Å². The maximum absolute atomic E-state index is 5.96. The van der Waals surface area contributed by atoms with E-state index < -0.39 is 0 Å². The predicted octanol–water partition coefficient (Wildman–Crippen LogP) is 5.33. The maximum Gasteiger partial charge on any atom is 0.231 e. The van der Waals surface area contributed by atoms with E-state index in [-0.39, 0.29) is 6.79 Å². The van der Waals surface area contributed by atoms with Crippen LogP contribution in [0.1, 0.15) is 5.56 Å². The second kappa shape index (κ2) is 9.67. The van der Waals surface area contributed by atoms with Crippen molar-refractivity contribution in [2.45, 2.75) is 13.1 Å². The summed E-state index contributed by atoms with van der Waals surface area (Å²) < 4.78 is 24.4. The third-order valence-corrected chi connectivity index (χ3v) is 5.37. The van der Waals surface area contributed by atoms with Crippen LogP contribution in [-0.4, -0.2) is 30.1 Å². The highest BCUT2D eigenvalue weighted by Gasteiger charge is 2.17. The Morgan fingerprint density at radius 3 is 2.67 bits per heavy atom. The molecule has 3 aromatic carbocycles. The van der Waals surface area contributed by atoms with Crippen LogP contribution in [0.25, 0.3) is 11.3 Å². The number of fused-ring (bicyclic) bond motifs is 1. The molecule has 33 heavy (non-hydrogen) atoms. The average Bonchev–Trinajstić information content (AvgIpc) is 3.48. The molecule has 5 rings (SSSR count). The van der Waals surface area contributed by atoms with Crippen LogP contribution in [0.3, 0.4) is 0 Å². The molecular formula is C26H25N3O4. The quantitative estimate of drug-likeness (QED) is 0.377. The molecule has 0 atom stereocenters. The first kappa shape index (κ1) is 20.9. The lowest BCUT2D eigenvalue weighted by atomic mass is 10.1. The number of aromatic nitrogens is 2. The number of nitrogens with zero attached hydrogens (tertiary/aromatic N) is 2. The number of rotatable bonds is 9. The highest BCUT2D eigenvalue weighted by atomic mass is 16.7. The number of hydrogen-bond acceptors (Lipinski definition) is 6. The van der Waals surface area contributed by atoms with E-state index in [1.165, 1.54) is 0 Å². The Morgan fingerprint density at radius 1 is 0.939 bits per heavy atom. The molecule has 2 heterocycles. The molecule has 1 N–H and O–H groups in total. The fraction of sp³-hybridized carbons (Fsp3) is 0.192. The molecule has 0 radical (unpaired) electrons. The Hall–Kier alpha value is -3.97. The van der Waals surface area contributed by atoms with Gasteiger partial charge in [0.15, 0.2) is 11.5 Å². The maximum atomic E-state index is 5.96. The van der Waals surface area contributed by atoms with E-state index >= 15 is 0 Å². The Labute approximate surface area is 192 Å². The number of anilines is 1. The molecule has 1 aliphatic rings. The van der Waals surface area contributed by atoms with Crippen molar-refractivity contribution in [3.05, 3.63) is 84.6 Å². The molecule has 0 spiro atoms. The number of methoxy groups -OCH3 is 1. The molecule has 1 aromatic heterocycles. The molecule has 1 aliphatic heterocycles. The minimum absolute atomic E-state index is 0.252. The smallest absolute Gasteiger partial charge is 0.231 e. The molecule has 0 unspecified atom stereocenters. The second-order valence-electron chi connectivity index (χ2n) is 7.60. The summed E-state index contributed by atoms with van der Waals surface area (Å²) in [5, 5.41) is 3.46. The van der Waals surface area contributed by atoms with Crippen molar-refractivity contribution in [1.82, 2.24) is 9.55 Å². The van der Waals surface area contributed by atoms with Crippen molar-refractivity contribution in [3.63, 3.8) is 0 Å². The zero-order chi connectivity index (χ0) is 22.5. The van der Waals surface area contributed by atoms with Gasteiger partial charge in [-0.15, -0.1) is 0 Å². The van der Waals surface area contributed by atoms with Crippen molar-refractivity contribution in [3.8, 4) is 34.3 Å². The van der Waals surface area contributed by atoms with Gasteiger partial charge in [0.05, 0.1) is 18.5 Å². The van der Waals surface area contributed by atoms with Gasteiger partial charge in [-0.25, -0.2) is 4.98 Å². The Kier molecular flexibility index (Phi) is 6.12. The highest BCUT2D eigenvalue weighted by molar-refractivity contribution is 5.66. The number of ether oxygens (including phenoxy) is 4. The van der Waals surface area contributed by atoms with Gasteiger partial charge in [0, 0.05) is 25.8 Å². The fourth-order valence-corrected chi connectivity index (χ4v) is 3.74. The van der Waals surface area contributed by atoms with Gasteiger partial charge >= 0.3 is 0 Å². The molecule has 168 valence electrons. The van der Waals surface area contributed by atoms with Crippen LogP contribution in [0.2, 0.25) is 0 Å². The molecule has 7 nitrogen and oxygen atoms in total. The number of hydrogen-bond donors (Lipinski definition) is 1. The van der Waals surface area contributed by atoms with Gasteiger partial charge in [-0.05, 0) is 48.0 Å². The molecular weight excluding hydrogens is 418 g/mol. The third-order valence-electron chi connectivity index (χ3n) is 5.37. The van der Waals surface area contributed by atoms with Crippen molar-refractivity contribution in [2.75, 3.05) is 25.8 Å². The normalized spacial score (nSPS) is 12.0. The average molecular weight is 444 g/mol. The summed E-state index contributed by atoms with van der Waals surface area (Å²) in [6, 6.07) is 23.7. The van der Waals surface area contributed by atoms with Gasteiger partial charge in [-0.2, -0.15) is 0 Å². The number of nitrogens with one attached hydrogen (secondary N) is 1. The molecule has 0 amide bonds. The van der Waals surface area contributed by atoms with Crippen LogP contribution in [0.4, 0.5) is 5.95 Å². The molecule has 0 bridgehead atoms. The van der Waals surface area contributed by atoms with Gasteiger partial charge in [-0.3, -0.25) is 0 Å². The topological polar surface area (TPSA) is 66.8 Å². The fourth-order valence-electron chi connectivity index (χ4n) is 3.74. The van der Waals surface area contributed by atoms with Crippen LogP contribution in [0.5, 0.6) is 23.0 Å². The zero-order valence-electron chi connectivity index (χ0n) is 18.4. The van der Waals surface area contributed by atoms with Gasteiger partial charge < -0.3 is 28.8 Å². The summed E-state index contributed by atoms with van der Waals surface area (Å²) in [5.41, 5.74) is 3.08. The second-order valence-corrected chi connectivity index (χ2v) is 7.60. The zero-order valence-corrected chi connectivity index (χ0v) is 18.4.